The minimum absolute atomic E-state index is 0.0147. The summed E-state index contributed by atoms with van der Waals surface area (Å²) in [6.07, 6.45) is 2.98. The van der Waals surface area contributed by atoms with Crippen molar-refractivity contribution in [3.05, 3.63) is 22.8 Å². The maximum Gasteiger partial charge on any atom is 0.246 e. The van der Waals surface area contributed by atoms with Gasteiger partial charge in [0, 0.05) is 24.8 Å². The number of nitrogens with two attached hydrogens (primary N) is 1. The van der Waals surface area contributed by atoms with Gasteiger partial charge in [0.15, 0.2) is 5.82 Å². The van der Waals surface area contributed by atoms with Crippen LogP contribution >= 0.6 is 11.3 Å². The van der Waals surface area contributed by atoms with Crippen LogP contribution in [0.4, 0.5) is 5.82 Å². The molecule has 0 amide bonds. The zero-order chi connectivity index (χ0) is 12.5. The Hall–Kier alpha value is -1.45. The molecule has 0 bridgehead atoms. The van der Waals surface area contributed by atoms with E-state index in [9.17, 15) is 8.42 Å². The number of nitrogens with zero attached hydrogens (tertiary/aromatic N) is 3. The number of nitrogens with one attached hydrogen (secondary N) is 1. The summed E-state index contributed by atoms with van der Waals surface area (Å²) in [6.45, 7) is 0.147. The Morgan fingerprint density at radius 3 is 2.88 bits per heavy atom. The molecule has 92 valence electrons. The molecular formula is C8H11N5O2S2. The molecule has 0 radical (unpaired) electrons. The summed E-state index contributed by atoms with van der Waals surface area (Å²) in [7, 11) is -2.03. The first kappa shape index (κ1) is 12.0. The van der Waals surface area contributed by atoms with E-state index >= 15 is 0 Å². The minimum atomic E-state index is -3.64. The van der Waals surface area contributed by atoms with Crippen LogP contribution in [0.25, 0.3) is 0 Å². The lowest BCUT2D eigenvalue weighted by molar-refractivity contribution is 0.581. The normalized spacial score (nSPS) is 11.8. The fourth-order valence-electron chi connectivity index (χ4n) is 1.27. The van der Waals surface area contributed by atoms with E-state index in [1.165, 1.54) is 22.2 Å². The van der Waals surface area contributed by atoms with Gasteiger partial charge >= 0.3 is 0 Å². The first-order valence-electron chi connectivity index (χ1n) is 4.66. The Labute approximate surface area is 102 Å². The molecule has 0 atom stereocenters. The van der Waals surface area contributed by atoms with Crippen LogP contribution in [0, 0.1) is 0 Å². The molecule has 0 saturated heterocycles. The molecule has 0 aromatic carbocycles. The van der Waals surface area contributed by atoms with Gasteiger partial charge in [0.2, 0.25) is 10.0 Å². The summed E-state index contributed by atoms with van der Waals surface area (Å²) < 4.78 is 27.6. The number of hydrogen-bond acceptors (Lipinski definition) is 6. The van der Waals surface area contributed by atoms with Crippen LogP contribution in [0.2, 0.25) is 0 Å². The number of sulfonamides is 1. The number of hydrogen-bond donors (Lipinski definition) is 2. The van der Waals surface area contributed by atoms with Gasteiger partial charge in [-0.05, 0) is 0 Å². The molecule has 7 nitrogen and oxygen atoms in total. The summed E-state index contributed by atoms with van der Waals surface area (Å²) >= 11 is 1.38. The Bertz CT molecular complexity index is 602. The summed E-state index contributed by atoms with van der Waals surface area (Å²) in [5.74, 6) is -0.0147. The molecule has 0 fully saturated rings. The van der Waals surface area contributed by atoms with Gasteiger partial charge in [0.25, 0.3) is 0 Å². The summed E-state index contributed by atoms with van der Waals surface area (Å²) in [5, 5.41) is 6.26. The lowest BCUT2D eigenvalue weighted by atomic mass is 10.7. The van der Waals surface area contributed by atoms with E-state index in [0.29, 0.717) is 5.01 Å². The minimum Gasteiger partial charge on any atom is -0.381 e. The van der Waals surface area contributed by atoms with Crippen LogP contribution in [0.15, 0.2) is 22.7 Å². The number of rotatable bonds is 4. The van der Waals surface area contributed by atoms with Gasteiger partial charge in [-0.2, -0.15) is 5.10 Å². The van der Waals surface area contributed by atoms with Crippen LogP contribution in [-0.4, -0.2) is 23.2 Å². The van der Waals surface area contributed by atoms with Crippen molar-refractivity contribution in [3.8, 4) is 0 Å². The molecule has 3 N–H and O–H groups in total. The van der Waals surface area contributed by atoms with Crippen LogP contribution in [0.1, 0.15) is 5.01 Å². The first-order valence-corrected chi connectivity index (χ1v) is 7.02. The lowest BCUT2D eigenvalue weighted by Crippen LogP contribution is -2.23. The third kappa shape index (κ3) is 2.62. The second-order valence-corrected chi connectivity index (χ2v) is 6.02. The maximum absolute atomic E-state index is 11.9. The molecule has 0 aliphatic rings. The van der Waals surface area contributed by atoms with Gasteiger partial charge in [-0.3, -0.25) is 4.68 Å². The van der Waals surface area contributed by atoms with Crippen molar-refractivity contribution in [2.45, 2.75) is 11.4 Å². The van der Waals surface area contributed by atoms with E-state index in [2.05, 4.69) is 14.8 Å². The largest absolute Gasteiger partial charge is 0.381 e. The Balaban J connectivity index is 2.17. The monoisotopic (exact) mass is 273 g/mol. The molecule has 2 aromatic heterocycles. The average Bonchev–Trinajstić information content (AvgIpc) is 2.85. The molecule has 0 spiro atoms. The van der Waals surface area contributed by atoms with Crippen molar-refractivity contribution in [1.82, 2.24) is 19.5 Å². The second kappa shape index (κ2) is 4.43. The van der Waals surface area contributed by atoms with Crippen LogP contribution in [0.5, 0.6) is 0 Å². The van der Waals surface area contributed by atoms with E-state index in [1.54, 1.807) is 18.6 Å². The molecule has 2 heterocycles. The zero-order valence-electron chi connectivity index (χ0n) is 8.99. The van der Waals surface area contributed by atoms with Gasteiger partial charge in [0.1, 0.15) is 9.90 Å². The highest BCUT2D eigenvalue weighted by atomic mass is 32.2. The SMILES string of the molecule is Cn1cc(S(=O)(=O)NCc2nccs2)c(N)n1. The van der Waals surface area contributed by atoms with E-state index < -0.39 is 10.0 Å². The number of anilines is 1. The van der Waals surface area contributed by atoms with Crippen molar-refractivity contribution < 1.29 is 8.42 Å². The van der Waals surface area contributed by atoms with Crippen molar-refractivity contribution in [3.63, 3.8) is 0 Å². The third-order valence-electron chi connectivity index (χ3n) is 2.01. The Morgan fingerprint density at radius 2 is 2.35 bits per heavy atom. The maximum atomic E-state index is 11.9. The molecule has 17 heavy (non-hydrogen) atoms. The van der Waals surface area contributed by atoms with Crippen molar-refractivity contribution in [2.24, 2.45) is 7.05 Å². The number of aromatic nitrogens is 3. The standard InChI is InChI=1S/C8H11N5O2S2/c1-13-5-6(8(9)12-13)17(14,15)11-4-7-10-2-3-16-7/h2-3,5,11H,4H2,1H3,(H2,9,12). The molecule has 0 aliphatic carbocycles. The van der Waals surface area contributed by atoms with E-state index in [4.69, 9.17) is 5.73 Å². The number of nitrogen functional groups attached to an aromatic ring is 1. The summed E-state index contributed by atoms with van der Waals surface area (Å²) in [6, 6.07) is 0. The van der Waals surface area contributed by atoms with Crippen molar-refractivity contribution >= 4 is 27.2 Å². The van der Waals surface area contributed by atoms with Crippen LogP contribution in [0.3, 0.4) is 0 Å². The lowest BCUT2D eigenvalue weighted by Gasteiger charge is -2.02. The van der Waals surface area contributed by atoms with E-state index in [1.807, 2.05) is 0 Å². The van der Waals surface area contributed by atoms with Gasteiger partial charge in [-0.1, -0.05) is 0 Å². The van der Waals surface area contributed by atoms with Gasteiger partial charge in [-0.25, -0.2) is 18.1 Å². The third-order valence-corrected chi connectivity index (χ3v) is 4.21. The number of aryl methyl sites for hydroxylation is 1. The quantitative estimate of drug-likeness (QED) is 0.812. The Morgan fingerprint density at radius 1 is 1.59 bits per heavy atom. The smallest absolute Gasteiger partial charge is 0.246 e. The van der Waals surface area contributed by atoms with Crippen molar-refractivity contribution in [1.29, 1.82) is 0 Å². The fraction of sp³-hybridized carbons (Fsp3) is 0.250. The van der Waals surface area contributed by atoms with Crippen molar-refractivity contribution in [2.75, 3.05) is 5.73 Å². The number of thiazole rings is 1. The van der Waals surface area contributed by atoms with E-state index in [-0.39, 0.29) is 17.3 Å². The highest BCUT2D eigenvalue weighted by Crippen LogP contribution is 2.15. The van der Waals surface area contributed by atoms with Gasteiger partial charge in [0.05, 0.1) is 6.54 Å². The highest BCUT2D eigenvalue weighted by molar-refractivity contribution is 7.89. The molecule has 0 aliphatic heterocycles. The predicted molar refractivity (Wildman–Crippen MR) is 63.8 cm³/mol. The topological polar surface area (TPSA) is 103 Å². The molecular weight excluding hydrogens is 262 g/mol. The molecule has 9 heteroatoms. The molecule has 2 rings (SSSR count). The predicted octanol–water partition coefficient (Wildman–Crippen LogP) is -0.0627. The average molecular weight is 273 g/mol. The van der Waals surface area contributed by atoms with Gasteiger partial charge in [-0.15, -0.1) is 11.3 Å². The highest BCUT2D eigenvalue weighted by Gasteiger charge is 2.20. The second-order valence-electron chi connectivity index (χ2n) is 3.30. The van der Waals surface area contributed by atoms with Crippen LogP contribution < -0.4 is 10.5 Å². The summed E-state index contributed by atoms with van der Waals surface area (Å²) in [5.41, 5.74) is 5.51. The molecule has 0 unspecified atom stereocenters. The molecule has 2 aromatic rings. The first-order chi connectivity index (χ1) is 7.99. The molecule has 0 saturated carbocycles. The fourth-order valence-corrected chi connectivity index (χ4v) is 3.00. The van der Waals surface area contributed by atoms with E-state index in [0.717, 1.165) is 0 Å². The Kier molecular flexibility index (Phi) is 3.13. The zero-order valence-corrected chi connectivity index (χ0v) is 10.6. The van der Waals surface area contributed by atoms with Crippen LogP contribution in [-0.2, 0) is 23.6 Å². The summed E-state index contributed by atoms with van der Waals surface area (Å²) in [4.78, 5) is 3.96. The van der Waals surface area contributed by atoms with Gasteiger partial charge < -0.3 is 5.73 Å².